The highest BCUT2D eigenvalue weighted by atomic mass is 16.3. The summed E-state index contributed by atoms with van der Waals surface area (Å²) in [5, 5.41) is 6.96. The zero-order valence-electron chi connectivity index (χ0n) is 16.4. The van der Waals surface area contributed by atoms with Crippen molar-refractivity contribution in [1.29, 1.82) is 0 Å². The van der Waals surface area contributed by atoms with E-state index in [9.17, 15) is 9.59 Å². The minimum atomic E-state index is -0.120. The third-order valence-corrected chi connectivity index (χ3v) is 4.92. The SMILES string of the molecule is Cc1oc2ccccc2c1CN(C)C(=O)/C=C/c1cnc2c(c1)NCCC(=O)N2. The number of furan rings is 1. The van der Waals surface area contributed by atoms with E-state index in [2.05, 4.69) is 15.6 Å². The lowest BCUT2D eigenvalue weighted by Crippen LogP contribution is -2.24. The predicted molar refractivity (Wildman–Crippen MR) is 112 cm³/mol. The summed E-state index contributed by atoms with van der Waals surface area (Å²) in [7, 11) is 1.76. The van der Waals surface area contributed by atoms with Gasteiger partial charge >= 0.3 is 0 Å². The third kappa shape index (κ3) is 3.99. The number of amides is 2. The number of aryl methyl sites for hydroxylation is 1. The van der Waals surface area contributed by atoms with Crippen LogP contribution in [0.15, 0.2) is 47.0 Å². The highest BCUT2D eigenvalue weighted by molar-refractivity contribution is 5.95. The maximum absolute atomic E-state index is 12.6. The van der Waals surface area contributed by atoms with E-state index in [0.717, 1.165) is 33.5 Å². The maximum Gasteiger partial charge on any atom is 0.246 e. The van der Waals surface area contributed by atoms with Crippen LogP contribution in [0.5, 0.6) is 0 Å². The molecule has 0 radical (unpaired) electrons. The number of fused-ring (bicyclic) bond motifs is 2. The van der Waals surface area contributed by atoms with Crippen molar-refractivity contribution in [3.63, 3.8) is 0 Å². The first kappa shape index (κ1) is 18.7. The van der Waals surface area contributed by atoms with Crippen LogP contribution in [-0.4, -0.2) is 35.3 Å². The molecule has 1 aromatic carbocycles. The molecule has 0 saturated carbocycles. The number of rotatable bonds is 4. The summed E-state index contributed by atoms with van der Waals surface area (Å²) in [6.07, 6.45) is 5.27. The Bertz CT molecular complexity index is 1120. The van der Waals surface area contributed by atoms with Crippen LogP contribution in [0.1, 0.15) is 23.3 Å². The number of anilines is 2. The molecule has 0 bridgehead atoms. The van der Waals surface area contributed by atoms with Crippen LogP contribution in [-0.2, 0) is 16.1 Å². The van der Waals surface area contributed by atoms with E-state index >= 15 is 0 Å². The van der Waals surface area contributed by atoms with Gasteiger partial charge < -0.3 is 20.0 Å². The number of carbonyl (C=O) groups is 2. The van der Waals surface area contributed by atoms with E-state index in [4.69, 9.17) is 4.42 Å². The van der Waals surface area contributed by atoms with Crippen molar-refractivity contribution < 1.29 is 14.0 Å². The van der Waals surface area contributed by atoms with Crippen LogP contribution >= 0.6 is 0 Å². The van der Waals surface area contributed by atoms with Gasteiger partial charge in [-0.2, -0.15) is 0 Å². The lowest BCUT2D eigenvalue weighted by atomic mass is 10.1. The molecule has 3 heterocycles. The first-order chi connectivity index (χ1) is 14.0. The zero-order chi connectivity index (χ0) is 20.4. The molecular weight excluding hydrogens is 368 g/mol. The molecule has 1 aliphatic rings. The van der Waals surface area contributed by atoms with Crippen molar-refractivity contribution in [3.05, 3.63) is 59.5 Å². The van der Waals surface area contributed by atoms with Crippen LogP contribution in [0.25, 0.3) is 17.0 Å². The second-order valence-corrected chi connectivity index (χ2v) is 7.05. The fourth-order valence-corrected chi connectivity index (χ4v) is 3.34. The van der Waals surface area contributed by atoms with Crippen LogP contribution in [0.2, 0.25) is 0 Å². The average Bonchev–Trinajstić information content (AvgIpc) is 2.90. The molecule has 2 aromatic heterocycles. The number of pyridine rings is 1. The molecule has 7 heteroatoms. The number of hydrogen-bond donors (Lipinski definition) is 2. The van der Waals surface area contributed by atoms with Gasteiger partial charge in [-0.25, -0.2) is 4.98 Å². The second-order valence-electron chi connectivity index (χ2n) is 7.05. The number of nitrogens with one attached hydrogen (secondary N) is 2. The summed E-state index contributed by atoms with van der Waals surface area (Å²) in [5.74, 6) is 1.14. The standard InChI is InChI=1S/C22H22N4O3/c1-14-17(16-5-3-4-6-19(16)29-14)13-26(2)21(28)8-7-15-11-18-22(24-12-15)25-20(27)9-10-23-18/h3-8,11-12,23H,9-10,13H2,1-2H3,(H,24,25,27)/b8-7+. The fraction of sp³-hybridized carbons (Fsp3) is 0.227. The van der Waals surface area contributed by atoms with Gasteiger partial charge in [-0.15, -0.1) is 0 Å². The molecule has 0 fully saturated rings. The van der Waals surface area contributed by atoms with E-state index in [1.54, 1.807) is 24.2 Å². The van der Waals surface area contributed by atoms with Gasteiger partial charge in [0.05, 0.1) is 5.69 Å². The molecule has 29 heavy (non-hydrogen) atoms. The van der Waals surface area contributed by atoms with Crippen molar-refractivity contribution in [1.82, 2.24) is 9.88 Å². The lowest BCUT2D eigenvalue weighted by molar-refractivity contribution is -0.125. The Morgan fingerprint density at radius 2 is 2.17 bits per heavy atom. The van der Waals surface area contributed by atoms with E-state index in [1.807, 2.05) is 37.3 Å². The molecule has 148 valence electrons. The van der Waals surface area contributed by atoms with Crippen molar-refractivity contribution >= 4 is 40.4 Å². The summed E-state index contributed by atoms with van der Waals surface area (Å²) < 4.78 is 5.78. The molecular formula is C22H22N4O3. The van der Waals surface area contributed by atoms with Crippen LogP contribution in [0.3, 0.4) is 0 Å². The second kappa shape index (κ2) is 7.79. The number of likely N-dealkylation sites (N-methyl/N-ethyl adjacent to an activating group) is 1. The monoisotopic (exact) mass is 390 g/mol. The van der Waals surface area contributed by atoms with Gasteiger partial charge in [0, 0.05) is 49.8 Å². The molecule has 0 atom stereocenters. The smallest absolute Gasteiger partial charge is 0.246 e. The summed E-state index contributed by atoms with van der Waals surface area (Å²) >= 11 is 0. The molecule has 1 aliphatic heterocycles. The van der Waals surface area contributed by atoms with Gasteiger partial charge in [0.25, 0.3) is 0 Å². The fourth-order valence-electron chi connectivity index (χ4n) is 3.34. The normalized spacial score (nSPS) is 13.7. The van der Waals surface area contributed by atoms with Crippen molar-refractivity contribution in [2.45, 2.75) is 19.9 Å². The van der Waals surface area contributed by atoms with Crippen molar-refractivity contribution in [2.24, 2.45) is 0 Å². The minimum absolute atomic E-state index is 0.0640. The minimum Gasteiger partial charge on any atom is -0.461 e. The van der Waals surface area contributed by atoms with Gasteiger partial charge in [-0.3, -0.25) is 9.59 Å². The molecule has 2 N–H and O–H groups in total. The van der Waals surface area contributed by atoms with Gasteiger partial charge in [-0.05, 0) is 30.7 Å². The number of nitrogens with zero attached hydrogens (tertiary/aromatic N) is 2. The maximum atomic E-state index is 12.6. The van der Waals surface area contributed by atoms with Crippen LogP contribution < -0.4 is 10.6 Å². The molecule has 7 nitrogen and oxygen atoms in total. The summed E-state index contributed by atoms with van der Waals surface area (Å²) in [6, 6.07) is 9.69. The molecule has 4 rings (SSSR count). The number of benzene rings is 1. The summed E-state index contributed by atoms with van der Waals surface area (Å²) in [4.78, 5) is 30.1. The van der Waals surface area contributed by atoms with Gasteiger partial charge in [-0.1, -0.05) is 18.2 Å². The predicted octanol–water partition coefficient (Wildman–Crippen LogP) is 3.56. The Morgan fingerprint density at radius 3 is 3.03 bits per heavy atom. The molecule has 2 amide bonds. The molecule has 0 saturated heterocycles. The number of carbonyl (C=O) groups excluding carboxylic acids is 2. The third-order valence-electron chi connectivity index (χ3n) is 4.92. The first-order valence-electron chi connectivity index (χ1n) is 9.45. The van der Waals surface area contributed by atoms with Gasteiger partial charge in [0.1, 0.15) is 11.3 Å². The van der Waals surface area contributed by atoms with E-state index in [-0.39, 0.29) is 11.8 Å². The Balaban J connectivity index is 1.47. The van der Waals surface area contributed by atoms with Crippen molar-refractivity contribution in [3.8, 4) is 0 Å². The molecule has 3 aromatic rings. The molecule has 0 spiro atoms. The Hall–Kier alpha value is -3.61. The lowest BCUT2D eigenvalue weighted by Gasteiger charge is -2.15. The number of aromatic nitrogens is 1. The van der Waals surface area contributed by atoms with Gasteiger partial charge in [0.15, 0.2) is 5.82 Å². The summed E-state index contributed by atoms with van der Waals surface area (Å²) in [5.41, 5.74) is 3.36. The number of para-hydroxylation sites is 1. The van der Waals surface area contributed by atoms with Crippen LogP contribution in [0, 0.1) is 6.92 Å². The quantitative estimate of drug-likeness (QED) is 0.665. The highest BCUT2D eigenvalue weighted by Crippen LogP contribution is 2.26. The van der Waals surface area contributed by atoms with Crippen LogP contribution in [0.4, 0.5) is 11.5 Å². The van der Waals surface area contributed by atoms with Crippen molar-refractivity contribution in [2.75, 3.05) is 24.2 Å². The first-order valence-corrected chi connectivity index (χ1v) is 9.45. The Kier molecular flexibility index (Phi) is 5.03. The number of hydrogen-bond acceptors (Lipinski definition) is 5. The van der Waals surface area contributed by atoms with Gasteiger partial charge in [0.2, 0.25) is 11.8 Å². The average molecular weight is 390 g/mol. The highest BCUT2D eigenvalue weighted by Gasteiger charge is 2.15. The van der Waals surface area contributed by atoms with E-state index < -0.39 is 0 Å². The summed E-state index contributed by atoms with van der Waals surface area (Å²) in [6.45, 7) is 2.92. The molecule has 0 aliphatic carbocycles. The Labute approximate surface area is 168 Å². The zero-order valence-corrected chi connectivity index (χ0v) is 16.4. The topological polar surface area (TPSA) is 87.5 Å². The Morgan fingerprint density at radius 1 is 1.34 bits per heavy atom. The van der Waals surface area contributed by atoms with E-state index in [0.29, 0.717) is 25.3 Å². The van der Waals surface area contributed by atoms with E-state index in [1.165, 1.54) is 6.08 Å². The largest absolute Gasteiger partial charge is 0.461 e. The molecule has 0 unspecified atom stereocenters.